The van der Waals surface area contributed by atoms with Crippen LogP contribution >= 0.6 is 11.6 Å². The molecule has 0 bridgehead atoms. The Kier molecular flexibility index (Phi) is 5.10. The number of hydrogen-bond donors (Lipinski definition) is 0. The first-order valence-electron chi connectivity index (χ1n) is 8.60. The molecule has 1 spiro atoms. The second-order valence-electron chi connectivity index (χ2n) is 6.68. The van der Waals surface area contributed by atoms with E-state index in [9.17, 15) is 17.6 Å². The molecular formula is C17H22ClFN2O3S. The predicted octanol–water partition coefficient (Wildman–Crippen LogP) is 3.03. The first-order valence-corrected chi connectivity index (χ1v) is 10.4. The molecule has 1 amide bonds. The van der Waals surface area contributed by atoms with Crippen molar-refractivity contribution in [1.29, 1.82) is 0 Å². The van der Waals surface area contributed by atoms with Crippen LogP contribution in [0.5, 0.6) is 0 Å². The molecule has 138 valence electrons. The molecule has 8 heteroatoms. The molecular weight excluding hydrogens is 367 g/mol. The number of likely N-dealkylation sites (tertiary alicyclic amines) is 1. The van der Waals surface area contributed by atoms with Crippen LogP contribution in [0.15, 0.2) is 23.1 Å². The highest BCUT2D eigenvalue weighted by Crippen LogP contribution is 2.42. The Bertz CT molecular complexity index is 784. The first kappa shape index (κ1) is 18.6. The summed E-state index contributed by atoms with van der Waals surface area (Å²) in [6.45, 7) is 3.60. The number of carbonyl (C=O) groups is 1. The van der Waals surface area contributed by atoms with Crippen molar-refractivity contribution in [3.8, 4) is 0 Å². The van der Waals surface area contributed by atoms with Crippen LogP contribution in [-0.2, 0) is 14.8 Å². The molecule has 0 radical (unpaired) electrons. The Morgan fingerprint density at radius 2 is 1.92 bits per heavy atom. The number of carbonyl (C=O) groups excluding carboxylic acids is 1. The zero-order valence-electron chi connectivity index (χ0n) is 14.2. The van der Waals surface area contributed by atoms with Crippen LogP contribution < -0.4 is 0 Å². The number of nitrogens with zero attached hydrogens (tertiary/aromatic N) is 2. The molecule has 2 heterocycles. The van der Waals surface area contributed by atoms with E-state index in [1.165, 1.54) is 10.4 Å². The summed E-state index contributed by atoms with van der Waals surface area (Å²) in [7, 11) is -3.92. The SMILES string of the molecule is CCCN1CCCC2(CCCN2S(=O)(=O)c2ccc(F)c(Cl)c2)C1=O. The van der Waals surface area contributed by atoms with Gasteiger partial charge in [-0.2, -0.15) is 4.31 Å². The van der Waals surface area contributed by atoms with Crippen LogP contribution in [0.25, 0.3) is 0 Å². The Hall–Kier alpha value is -1.18. The topological polar surface area (TPSA) is 57.7 Å². The average molecular weight is 389 g/mol. The normalized spacial score (nSPS) is 25.1. The van der Waals surface area contributed by atoms with E-state index in [1.807, 2.05) is 6.92 Å². The van der Waals surface area contributed by atoms with Crippen molar-refractivity contribution in [2.45, 2.75) is 49.5 Å². The van der Waals surface area contributed by atoms with Crippen LogP contribution in [0.3, 0.4) is 0 Å². The number of rotatable bonds is 4. The van der Waals surface area contributed by atoms with E-state index in [0.29, 0.717) is 38.9 Å². The average Bonchev–Trinajstić information content (AvgIpc) is 3.00. The predicted molar refractivity (Wildman–Crippen MR) is 93.4 cm³/mol. The van der Waals surface area contributed by atoms with Gasteiger partial charge in [-0.05, 0) is 50.3 Å². The van der Waals surface area contributed by atoms with E-state index in [-0.39, 0.29) is 15.8 Å². The minimum atomic E-state index is -3.92. The first-order chi connectivity index (χ1) is 11.8. The second-order valence-corrected chi connectivity index (χ2v) is 8.95. The molecule has 2 fully saturated rings. The van der Waals surface area contributed by atoms with Crippen molar-refractivity contribution in [2.24, 2.45) is 0 Å². The summed E-state index contributed by atoms with van der Waals surface area (Å²) in [5.74, 6) is -0.769. The maximum absolute atomic E-state index is 13.4. The van der Waals surface area contributed by atoms with Gasteiger partial charge in [0.1, 0.15) is 11.4 Å². The quantitative estimate of drug-likeness (QED) is 0.796. The maximum atomic E-state index is 13.4. The highest BCUT2D eigenvalue weighted by Gasteiger charge is 2.55. The van der Waals surface area contributed by atoms with Crippen molar-refractivity contribution in [3.63, 3.8) is 0 Å². The lowest BCUT2D eigenvalue weighted by Gasteiger charge is -2.43. The summed E-state index contributed by atoms with van der Waals surface area (Å²) in [6, 6.07) is 3.37. The van der Waals surface area contributed by atoms with Gasteiger partial charge in [-0.25, -0.2) is 12.8 Å². The minimum Gasteiger partial charge on any atom is -0.341 e. The lowest BCUT2D eigenvalue weighted by Crippen LogP contribution is -2.61. The van der Waals surface area contributed by atoms with E-state index >= 15 is 0 Å². The number of halogens is 2. The zero-order chi connectivity index (χ0) is 18.2. The largest absolute Gasteiger partial charge is 0.341 e. The van der Waals surface area contributed by atoms with Crippen molar-refractivity contribution < 1.29 is 17.6 Å². The number of benzene rings is 1. The van der Waals surface area contributed by atoms with Gasteiger partial charge < -0.3 is 4.90 Å². The van der Waals surface area contributed by atoms with E-state index in [0.717, 1.165) is 25.0 Å². The molecule has 0 aromatic heterocycles. The lowest BCUT2D eigenvalue weighted by molar-refractivity contribution is -0.144. The highest BCUT2D eigenvalue weighted by molar-refractivity contribution is 7.89. The van der Waals surface area contributed by atoms with Crippen molar-refractivity contribution in [3.05, 3.63) is 29.0 Å². The van der Waals surface area contributed by atoms with Crippen LogP contribution in [0.1, 0.15) is 39.0 Å². The zero-order valence-corrected chi connectivity index (χ0v) is 15.7. The van der Waals surface area contributed by atoms with Gasteiger partial charge in [0, 0.05) is 19.6 Å². The number of hydrogen-bond acceptors (Lipinski definition) is 3. The van der Waals surface area contributed by atoms with Gasteiger partial charge in [-0.3, -0.25) is 4.79 Å². The van der Waals surface area contributed by atoms with E-state index in [4.69, 9.17) is 11.6 Å². The summed E-state index contributed by atoms with van der Waals surface area (Å²) < 4.78 is 41.0. The Morgan fingerprint density at radius 1 is 1.24 bits per heavy atom. The Morgan fingerprint density at radius 3 is 2.56 bits per heavy atom. The van der Waals surface area contributed by atoms with Crippen LogP contribution in [0.2, 0.25) is 5.02 Å². The smallest absolute Gasteiger partial charge is 0.244 e. The summed E-state index contributed by atoms with van der Waals surface area (Å²) in [5, 5.41) is -0.239. The summed E-state index contributed by atoms with van der Waals surface area (Å²) >= 11 is 5.76. The third kappa shape index (κ3) is 3.06. The summed E-state index contributed by atoms with van der Waals surface area (Å²) in [5.41, 5.74) is -1.01. The standard InChI is InChI=1S/C17H22ClFN2O3S/c1-2-9-20-10-3-7-17(16(20)22)8-4-11-21(17)25(23,24)13-5-6-15(19)14(18)12-13/h5-6,12H,2-4,7-11H2,1H3. The minimum absolute atomic E-state index is 0.0689. The molecule has 3 rings (SSSR count). The molecule has 1 aromatic carbocycles. The van der Waals surface area contributed by atoms with Gasteiger partial charge in [-0.15, -0.1) is 0 Å². The Labute approximate surface area is 152 Å². The maximum Gasteiger partial charge on any atom is 0.244 e. The molecule has 2 aliphatic rings. The summed E-state index contributed by atoms with van der Waals surface area (Å²) in [4.78, 5) is 14.8. The molecule has 2 aliphatic heterocycles. The second kappa shape index (κ2) is 6.85. The van der Waals surface area contributed by atoms with Gasteiger partial charge in [0.2, 0.25) is 15.9 Å². The molecule has 1 atom stereocenters. The highest BCUT2D eigenvalue weighted by atomic mass is 35.5. The third-order valence-electron chi connectivity index (χ3n) is 5.11. The molecule has 0 N–H and O–H groups in total. The van der Waals surface area contributed by atoms with Crippen molar-refractivity contribution in [1.82, 2.24) is 9.21 Å². The van der Waals surface area contributed by atoms with Gasteiger partial charge in [0.05, 0.1) is 9.92 Å². The van der Waals surface area contributed by atoms with Gasteiger partial charge in [-0.1, -0.05) is 18.5 Å². The van der Waals surface area contributed by atoms with E-state index in [1.54, 1.807) is 4.90 Å². The number of amides is 1. The van der Waals surface area contributed by atoms with Crippen molar-refractivity contribution in [2.75, 3.05) is 19.6 Å². The molecule has 1 aromatic rings. The third-order valence-corrected chi connectivity index (χ3v) is 7.36. The van der Waals surface area contributed by atoms with E-state index < -0.39 is 21.4 Å². The van der Waals surface area contributed by atoms with Crippen LogP contribution in [-0.4, -0.2) is 48.7 Å². The summed E-state index contributed by atoms with van der Waals surface area (Å²) in [6.07, 6.45) is 3.31. The van der Waals surface area contributed by atoms with E-state index in [2.05, 4.69) is 0 Å². The van der Waals surface area contributed by atoms with Gasteiger partial charge >= 0.3 is 0 Å². The lowest BCUT2D eigenvalue weighted by atomic mass is 9.86. The number of piperidine rings is 1. The fourth-order valence-corrected chi connectivity index (χ4v) is 6.08. The molecule has 0 aliphatic carbocycles. The molecule has 25 heavy (non-hydrogen) atoms. The monoisotopic (exact) mass is 388 g/mol. The van der Waals surface area contributed by atoms with Crippen LogP contribution in [0, 0.1) is 5.82 Å². The van der Waals surface area contributed by atoms with Crippen molar-refractivity contribution >= 4 is 27.5 Å². The van der Waals surface area contributed by atoms with Crippen LogP contribution in [0.4, 0.5) is 4.39 Å². The molecule has 0 saturated carbocycles. The van der Waals surface area contributed by atoms with Gasteiger partial charge in [0.25, 0.3) is 0 Å². The van der Waals surface area contributed by atoms with Gasteiger partial charge in [0.15, 0.2) is 0 Å². The molecule has 2 saturated heterocycles. The fourth-order valence-electron chi connectivity index (χ4n) is 3.98. The molecule has 1 unspecified atom stereocenters. The fraction of sp³-hybridized carbons (Fsp3) is 0.588. The molecule has 5 nitrogen and oxygen atoms in total. The Balaban J connectivity index is 2.00. The number of sulfonamides is 1.